The summed E-state index contributed by atoms with van der Waals surface area (Å²) >= 11 is 1.52. The van der Waals surface area contributed by atoms with Crippen molar-refractivity contribution in [1.82, 2.24) is 14.9 Å². The Morgan fingerprint density at radius 1 is 1.24 bits per heavy atom. The summed E-state index contributed by atoms with van der Waals surface area (Å²) in [4.78, 5) is 1.26. The second-order valence-corrected chi connectivity index (χ2v) is 6.64. The van der Waals surface area contributed by atoms with E-state index in [2.05, 4.69) is 67.7 Å². The molecule has 1 unspecified atom stereocenters. The Kier molecular flexibility index (Phi) is 5.48. The van der Waals surface area contributed by atoms with Gasteiger partial charge < -0.3 is 5.32 Å². The van der Waals surface area contributed by atoms with Crippen LogP contribution < -0.4 is 5.32 Å². The second kappa shape index (κ2) is 7.14. The zero-order chi connectivity index (χ0) is 15.4. The lowest BCUT2D eigenvalue weighted by molar-refractivity contribution is 0.593. The van der Waals surface area contributed by atoms with Gasteiger partial charge in [0.05, 0.1) is 16.6 Å². The quantitative estimate of drug-likeness (QED) is 0.861. The SMILES string of the molecule is CCCNC(c1cccc(C)c1C)c1snnc1C(C)C. The average Bonchev–Trinajstić information content (AvgIpc) is 2.93. The zero-order valence-corrected chi connectivity index (χ0v) is 14.4. The largest absolute Gasteiger partial charge is 0.305 e. The first-order valence-corrected chi connectivity index (χ1v) is 8.45. The average molecular weight is 303 g/mol. The van der Waals surface area contributed by atoms with Gasteiger partial charge in [0.2, 0.25) is 0 Å². The maximum absolute atomic E-state index is 4.35. The smallest absolute Gasteiger partial charge is 0.0832 e. The summed E-state index contributed by atoms with van der Waals surface area (Å²) in [5, 5.41) is 8.03. The van der Waals surface area contributed by atoms with E-state index in [0.29, 0.717) is 5.92 Å². The molecule has 3 nitrogen and oxygen atoms in total. The minimum absolute atomic E-state index is 0.197. The summed E-state index contributed by atoms with van der Waals surface area (Å²) < 4.78 is 4.20. The van der Waals surface area contributed by atoms with Crippen molar-refractivity contribution in [2.75, 3.05) is 6.54 Å². The monoisotopic (exact) mass is 303 g/mol. The summed E-state index contributed by atoms with van der Waals surface area (Å²) in [6, 6.07) is 6.73. The van der Waals surface area contributed by atoms with Gasteiger partial charge in [0.15, 0.2) is 0 Å². The standard InChI is InChI=1S/C17H25N3S/c1-6-10-18-16(14-9-7-8-12(4)13(14)5)17-15(11(2)3)19-20-21-17/h7-9,11,16,18H,6,10H2,1-5H3. The maximum atomic E-state index is 4.35. The molecule has 0 fully saturated rings. The van der Waals surface area contributed by atoms with E-state index in [1.807, 2.05) is 0 Å². The van der Waals surface area contributed by atoms with Gasteiger partial charge in [0.1, 0.15) is 0 Å². The normalized spacial score (nSPS) is 12.9. The molecule has 2 aromatic rings. The third kappa shape index (κ3) is 3.50. The van der Waals surface area contributed by atoms with Crippen LogP contribution in [-0.4, -0.2) is 16.1 Å². The lowest BCUT2D eigenvalue weighted by Crippen LogP contribution is -2.24. The Morgan fingerprint density at radius 3 is 2.67 bits per heavy atom. The van der Waals surface area contributed by atoms with Crippen LogP contribution in [0.3, 0.4) is 0 Å². The van der Waals surface area contributed by atoms with E-state index in [-0.39, 0.29) is 6.04 Å². The molecule has 4 heteroatoms. The van der Waals surface area contributed by atoms with E-state index < -0.39 is 0 Å². The van der Waals surface area contributed by atoms with Gasteiger partial charge in [-0.3, -0.25) is 0 Å². The van der Waals surface area contributed by atoms with Crippen molar-refractivity contribution in [3.8, 4) is 0 Å². The molecule has 0 radical (unpaired) electrons. The third-order valence-electron chi connectivity index (χ3n) is 3.91. The molecule has 0 amide bonds. The number of aromatic nitrogens is 2. The van der Waals surface area contributed by atoms with Crippen LogP contribution in [0.4, 0.5) is 0 Å². The molecule has 0 saturated heterocycles. The molecule has 0 bridgehead atoms. The predicted octanol–water partition coefficient (Wildman–Crippen LogP) is 4.37. The molecule has 0 saturated carbocycles. The molecule has 1 aromatic heterocycles. The second-order valence-electron chi connectivity index (χ2n) is 5.85. The summed E-state index contributed by atoms with van der Waals surface area (Å²) in [6.07, 6.45) is 1.12. The van der Waals surface area contributed by atoms with E-state index >= 15 is 0 Å². The fraction of sp³-hybridized carbons (Fsp3) is 0.529. The van der Waals surface area contributed by atoms with Crippen molar-refractivity contribution in [2.45, 2.75) is 53.0 Å². The first-order valence-electron chi connectivity index (χ1n) is 7.67. The van der Waals surface area contributed by atoms with Gasteiger partial charge in [-0.25, -0.2) is 0 Å². The van der Waals surface area contributed by atoms with Gasteiger partial charge in [-0.1, -0.05) is 43.5 Å². The number of aryl methyl sites for hydroxylation is 1. The minimum atomic E-state index is 0.197. The number of hydrogen-bond acceptors (Lipinski definition) is 4. The van der Waals surface area contributed by atoms with E-state index in [1.54, 1.807) is 0 Å². The van der Waals surface area contributed by atoms with Crippen molar-refractivity contribution in [1.29, 1.82) is 0 Å². The van der Waals surface area contributed by atoms with E-state index in [9.17, 15) is 0 Å². The fourth-order valence-corrected chi connectivity index (χ4v) is 3.43. The lowest BCUT2D eigenvalue weighted by atomic mass is 9.94. The van der Waals surface area contributed by atoms with Crippen LogP contribution in [0.25, 0.3) is 0 Å². The van der Waals surface area contributed by atoms with E-state index in [0.717, 1.165) is 18.7 Å². The number of nitrogens with one attached hydrogen (secondary N) is 1. The lowest BCUT2D eigenvalue weighted by Gasteiger charge is -2.22. The molecule has 1 atom stereocenters. The Bertz CT molecular complexity index is 589. The van der Waals surface area contributed by atoms with Crippen LogP contribution in [0.15, 0.2) is 18.2 Å². The van der Waals surface area contributed by atoms with Gasteiger partial charge >= 0.3 is 0 Å². The molecule has 0 aliphatic rings. The highest BCUT2D eigenvalue weighted by Crippen LogP contribution is 2.33. The van der Waals surface area contributed by atoms with Crippen molar-refractivity contribution in [3.05, 3.63) is 45.5 Å². The van der Waals surface area contributed by atoms with Crippen LogP contribution in [-0.2, 0) is 0 Å². The van der Waals surface area contributed by atoms with Crippen molar-refractivity contribution in [2.24, 2.45) is 0 Å². The Labute approximate surface area is 132 Å². The molecular formula is C17H25N3S. The molecule has 0 aliphatic carbocycles. The number of nitrogens with zero attached hydrogens (tertiary/aromatic N) is 2. The van der Waals surface area contributed by atoms with Gasteiger partial charge in [-0.2, -0.15) is 0 Å². The Morgan fingerprint density at radius 2 is 2.00 bits per heavy atom. The molecule has 114 valence electrons. The third-order valence-corrected chi connectivity index (χ3v) is 4.71. The summed E-state index contributed by atoms with van der Waals surface area (Å²) in [6.45, 7) is 11.9. The van der Waals surface area contributed by atoms with Crippen molar-refractivity contribution >= 4 is 11.5 Å². The van der Waals surface area contributed by atoms with Crippen LogP contribution in [0.1, 0.15) is 66.4 Å². The molecule has 1 heterocycles. The fourth-order valence-electron chi connectivity index (χ4n) is 2.52. The van der Waals surface area contributed by atoms with Crippen LogP contribution in [0, 0.1) is 13.8 Å². The summed E-state index contributed by atoms with van der Waals surface area (Å²) in [5.74, 6) is 0.398. The molecule has 0 aliphatic heterocycles. The Hall–Kier alpha value is -1.26. The van der Waals surface area contributed by atoms with Gasteiger partial charge in [0.25, 0.3) is 0 Å². The zero-order valence-electron chi connectivity index (χ0n) is 13.6. The van der Waals surface area contributed by atoms with Crippen LogP contribution in [0.5, 0.6) is 0 Å². The van der Waals surface area contributed by atoms with Gasteiger partial charge in [0, 0.05) is 0 Å². The molecule has 2 rings (SSSR count). The topological polar surface area (TPSA) is 37.8 Å². The summed E-state index contributed by atoms with van der Waals surface area (Å²) in [7, 11) is 0. The first kappa shape index (κ1) is 16.1. The van der Waals surface area contributed by atoms with Crippen LogP contribution in [0.2, 0.25) is 0 Å². The van der Waals surface area contributed by atoms with Gasteiger partial charge in [-0.15, -0.1) is 5.10 Å². The molecular weight excluding hydrogens is 278 g/mol. The van der Waals surface area contributed by atoms with Crippen molar-refractivity contribution in [3.63, 3.8) is 0 Å². The molecule has 0 spiro atoms. The molecule has 1 N–H and O–H groups in total. The number of hydrogen-bond donors (Lipinski definition) is 1. The Balaban J connectivity index is 2.47. The van der Waals surface area contributed by atoms with Gasteiger partial charge in [-0.05, 0) is 61.0 Å². The van der Waals surface area contributed by atoms with E-state index in [4.69, 9.17) is 0 Å². The predicted molar refractivity (Wildman–Crippen MR) is 90.1 cm³/mol. The maximum Gasteiger partial charge on any atom is 0.0832 e. The molecule has 1 aromatic carbocycles. The highest BCUT2D eigenvalue weighted by atomic mass is 32.1. The number of rotatable bonds is 6. The first-order chi connectivity index (χ1) is 10.1. The van der Waals surface area contributed by atoms with Crippen LogP contribution >= 0.6 is 11.5 Å². The number of benzene rings is 1. The minimum Gasteiger partial charge on any atom is -0.305 e. The molecule has 21 heavy (non-hydrogen) atoms. The highest BCUT2D eigenvalue weighted by molar-refractivity contribution is 7.05. The van der Waals surface area contributed by atoms with Crippen molar-refractivity contribution < 1.29 is 0 Å². The van der Waals surface area contributed by atoms with E-state index in [1.165, 1.54) is 33.1 Å². The highest BCUT2D eigenvalue weighted by Gasteiger charge is 2.23. The summed E-state index contributed by atoms with van der Waals surface area (Å²) in [5.41, 5.74) is 5.15.